The number of rotatable bonds is 0. The normalized spacial score (nSPS) is 18.0. The van der Waals surface area contributed by atoms with Crippen molar-refractivity contribution in [2.24, 2.45) is 0 Å². The van der Waals surface area contributed by atoms with Crippen molar-refractivity contribution in [3.8, 4) is 0 Å². The van der Waals surface area contributed by atoms with Gasteiger partial charge in [-0.15, -0.1) is 0 Å². The van der Waals surface area contributed by atoms with Crippen molar-refractivity contribution in [3.05, 3.63) is 22.5 Å². The van der Waals surface area contributed by atoms with Gasteiger partial charge in [-0.25, -0.2) is 19.4 Å². The van der Waals surface area contributed by atoms with Gasteiger partial charge in [0.2, 0.25) is 0 Å². The van der Waals surface area contributed by atoms with Crippen LogP contribution in [0.2, 0.25) is 0 Å². The first kappa shape index (κ1) is 19.7. The molecule has 2 aliphatic heterocycles. The maximum Gasteiger partial charge on any atom is 0.421 e. The van der Waals surface area contributed by atoms with E-state index >= 15 is 0 Å². The molecule has 0 aliphatic carbocycles. The highest BCUT2D eigenvalue weighted by Crippen LogP contribution is 2.40. The molecule has 0 aromatic carbocycles. The summed E-state index contributed by atoms with van der Waals surface area (Å²) in [6.45, 7) is 13.0. The van der Waals surface area contributed by atoms with Crippen LogP contribution < -0.4 is 0 Å². The van der Waals surface area contributed by atoms with Crippen molar-refractivity contribution in [1.82, 2.24) is 9.80 Å². The van der Waals surface area contributed by atoms with Gasteiger partial charge in [-0.05, 0) is 55.4 Å². The van der Waals surface area contributed by atoms with E-state index in [4.69, 9.17) is 9.47 Å². The second kappa shape index (κ2) is 5.96. The molecule has 142 valence electrons. The Morgan fingerprint density at radius 1 is 0.692 bits per heavy atom. The van der Waals surface area contributed by atoms with Crippen molar-refractivity contribution in [3.63, 3.8) is 0 Å². The van der Waals surface area contributed by atoms with Gasteiger partial charge < -0.3 is 9.47 Å². The largest absolute Gasteiger partial charge is 0.443 e. The molecule has 0 spiro atoms. The summed E-state index contributed by atoms with van der Waals surface area (Å²) in [4.78, 5) is 51.8. The summed E-state index contributed by atoms with van der Waals surface area (Å²) in [6.07, 6.45) is -1.72. The van der Waals surface area contributed by atoms with Crippen molar-refractivity contribution in [1.29, 1.82) is 0 Å². The second-order valence-corrected chi connectivity index (χ2v) is 8.16. The van der Waals surface area contributed by atoms with Gasteiger partial charge >= 0.3 is 12.2 Å². The van der Waals surface area contributed by atoms with Gasteiger partial charge in [0.25, 0.3) is 11.8 Å². The minimum atomic E-state index is -0.862. The topological polar surface area (TPSA) is 93.2 Å². The van der Waals surface area contributed by atoms with Gasteiger partial charge in [0.1, 0.15) is 11.2 Å². The summed E-state index contributed by atoms with van der Waals surface area (Å²) in [7, 11) is 0. The van der Waals surface area contributed by atoms with E-state index in [-0.39, 0.29) is 22.5 Å². The first-order valence-electron chi connectivity index (χ1n) is 8.22. The van der Waals surface area contributed by atoms with Gasteiger partial charge in [0, 0.05) is 11.4 Å². The lowest BCUT2D eigenvalue weighted by Crippen LogP contribution is -2.40. The Bertz CT molecular complexity index is 710. The number of nitrogens with zero attached hydrogens (tertiary/aromatic N) is 2. The van der Waals surface area contributed by atoms with Crippen LogP contribution in [0.1, 0.15) is 55.4 Å². The van der Waals surface area contributed by atoms with Crippen molar-refractivity contribution in [2.45, 2.75) is 66.6 Å². The minimum Gasteiger partial charge on any atom is -0.443 e. The smallest absolute Gasteiger partial charge is 0.421 e. The molecule has 0 radical (unpaired) electrons. The standard InChI is InChI=1S/C18H24N2O6/c1-9-11-12(14(22)19(9)15(23)25-17(3,4)5)10(2)20(13(11)21)16(24)26-18(6,7)8/h1-8H3. The Morgan fingerprint density at radius 2 is 0.962 bits per heavy atom. The van der Waals surface area contributed by atoms with Gasteiger partial charge in [0.05, 0.1) is 11.1 Å². The Labute approximate surface area is 152 Å². The van der Waals surface area contributed by atoms with Crippen LogP contribution in [0.4, 0.5) is 9.59 Å². The maximum atomic E-state index is 12.7. The van der Waals surface area contributed by atoms with Crippen LogP contribution in [-0.4, -0.2) is 45.0 Å². The summed E-state index contributed by atoms with van der Waals surface area (Å²) in [6, 6.07) is 0. The zero-order valence-corrected chi connectivity index (χ0v) is 16.3. The predicted molar refractivity (Wildman–Crippen MR) is 91.6 cm³/mol. The molecule has 26 heavy (non-hydrogen) atoms. The highest BCUT2D eigenvalue weighted by Gasteiger charge is 2.51. The summed E-state index contributed by atoms with van der Waals surface area (Å²) >= 11 is 0. The monoisotopic (exact) mass is 364 g/mol. The van der Waals surface area contributed by atoms with E-state index in [1.54, 1.807) is 41.5 Å². The quantitative estimate of drug-likeness (QED) is 0.656. The van der Waals surface area contributed by atoms with Gasteiger partial charge in [-0.2, -0.15) is 0 Å². The molecule has 0 saturated heterocycles. The van der Waals surface area contributed by atoms with E-state index in [0.29, 0.717) is 0 Å². The average Bonchev–Trinajstić information content (AvgIpc) is 2.80. The third-order valence-electron chi connectivity index (χ3n) is 3.63. The highest BCUT2D eigenvalue weighted by atomic mass is 16.6. The third kappa shape index (κ3) is 3.36. The average molecular weight is 364 g/mol. The fourth-order valence-corrected chi connectivity index (χ4v) is 2.69. The number of allylic oxidation sites excluding steroid dienone is 2. The fourth-order valence-electron chi connectivity index (χ4n) is 2.69. The number of hydrogen-bond acceptors (Lipinski definition) is 6. The van der Waals surface area contributed by atoms with E-state index in [1.165, 1.54) is 13.8 Å². The number of amides is 4. The highest BCUT2D eigenvalue weighted by molar-refractivity contribution is 6.25. The van der Waals surface area contributed by atoms with Crippen LogP contribution >= 0.6 is 0 Å². The molecule has 2 heterocycles. The Morgan fingerprint density at radius 3 is 1.19 bits per heavy atom. The number of ether oxygens (including phenoxy) is 2. The molecule has 0 aromatic rings. The molecule has 2 rings (SSSR count). The number of hydrogen-bond donors (Lipinski definition) is 0. The zero-order chi connectivity index (χ0) is 20.2. The van der Waals surface area contributed by atoms with E-state index in [9.17, 15) is 19.2 Å². The van der Waals surface area contributed by atoms with E-state index in [1.807, 2.05) is 0 Å². The Kier molecular flexibility index (Phi) is 4.51. The maximum absolute atomic E-state index is 12.7. The number of fused-ring (bicyclic) bond motifs is 1. The summed E-state index contributed by atoms with van der Waals surface area (Å²) < 4.78 is 10.5. The molecule has 0 aromatic heterocycles. The summed E-state index contributed by atoms with van der Waals surface area (Å²) in [5, 5.41) is 0. The van der Waals surface area contributed by atoms with Crippen molar-refractivity contribution < 1.29 is 28.7 Å². The molecule has 0 N–H and O–H groups in total. The van der Waals surface area contributed by atoms with Crippen molar-refractivity contribution in [2.75, 3.05) is 0 Å². The molecular weight excluding hydrogens is 340 g/mol. The zero-order valence-electron chi connectivity index (χ0n) is 16.3. The molecule has 0 saturated carbocycles. The number of carbonyl (C=O) groups is 4. The second-order valence-electron chi connectivity index (χ2n) is 8.16. The van der Waals surface area contributed by atoms with Gasteiger partial charge in [0.15, 0.2) is 0 Å². The molecule has 4 amide bonds. The first-order valence-corrected chi connectivity index (χ1v) is 8.22. The Hall–Kier alpha value is -2.64. The lowest BCUT2D eigenvalue weighted by Gasteiger charge is -2.26. The molecule has 2 aliphatic rings. The van der Waals surface area contributed by atoms with Crippen LogP contribution in [-0.2, 0) is 19.1 Å². The molecular formula is C18H24N2O6. The van der Waals surface area contributed by atoms with E-state index < -0.39 is 35.2 Å². The van der Waals surface area contributed by atoms with Crippen molar-refractivity contribution >= 4 is 24.0 Å². The lowest BCUT2D eigenvalue weighted by atomic mass is 10.1. The minimum absolute atomic E-state index is 0.0178. The lowest BCUT2D eigenvalue weighted by molar-refractivity contribution is -0.124. The van der Waals surface area contributed by atoms with E-state index in [0.717, 1.165) is 9.80 Å². The van der Waals surface area contributed by atoms with Crippen LogP contribution in [0.15, 0.2) is 22.5 Å². The van der Waals surface area contributed by atoms with Crippen LogP contribution in [0.25, 0.3) is 0 Å². The van der Waals surface area contributed by atoms with Gasteiger partial charge in [-0.3, -0.25) is 9.59 Å². The molecule has 0 fully saturated rings. The van der Waals surface area contributed by atoms with Crippen LogP contribution in [0.5, 0.6) is 0 Å². The third-order valence-corrected chi connectivity index (χ3v) is 3.63. The molecule has 0 unspecified atom stereocenters. The molecule has 8 nitrogen and oxygen atoms in total. The number of carbonyl (C=O) groups excluding carboxylic acids is 4. The molecule has 8 heteroatoms. The molecule has 0 bridgehead atoms. The summed E-state index contributed by atoms with van der Waals surface area (Å²) in [5.74, 6) is -1.38. The number of imide groups is 2. The fraction of sp³-hybridized carbons (Fsp3) is 0.556. The van der Waals surface area contributed by atoms with Crippen LogP contribution in [0, 0.1) is 0 Å². The Balaban J connectivity index is 2.40. The molecule has 0 atom stereocenters. The van der Waals surface area contributed by atoms with Gasteiger partial charge in [-0.1, -0.05) is 0 Å². The predicted octanol–water partition coefficient (Wildman–Crippen LogP) is 3.09. The van der Waals surface area contributed by atoms with Crippen LogP contribution in [0.3, 0.4) is 0 Å². The first-order chi connectivity index (χ1) is 11.7. The van der Waals surface area contributed by atoms with E-state index in [2.05, 4.69) is 0 Å². The summed E-state index contributed by atoms with van der Waals surface area (Å²) in [5.41, 5.74) is -1.29. The SMILES string of the molecule is CC1=C2C(=O)N(C(=O)OC(C)(C)C)C(C)=C2C(=O)N1C(=O)OC(C)(C)C.